The molecule has 0 saturated heterocycles. The molecule has 0 heteroatoms. The molecule has 0 amide bonds. The second-order valence-electron chi connectivity index (χ2n) is 4.48. The molecule has 0 atom stereocenters. The minimum Gasteiger partial charge on any atom is -0.0840 e. The van der Waals surface area contributed by atoms with Gasteiger partial charge in [-0.1, -0.05) is 50.0 Å². The lowest BCUT2D eigenvalue weighted by molar-refractivity contribution is 0.392. The van der Waals surface area contributed by atoms with Crippen LogP contribution in [-0.4, -0.2) is 0 Å². The fraction of sp³-hybridized carbons (Fsp3) is 0.714. The number of hydrogen-bond acceptors (Lipinski definition) is 0. The summed E-state index contributed by atoms with van der Waals surface area (Å²) >= 11 is 0. The van der Waals surface area contributed by atoms with Crippen molar-refractivity contribution in [2.24, 2.45) is 5.92 Å². The van der Waals surface area contributed by atoms with Gasteiger partial charge in [0.25, 0.3) is 0 Å². The zero-order valence-corrected chi connectivity index (χ0v) is 8.68. The molecule has 14 heavy (non-hydrogen) atoms. The highest BCUT2D eigenvalue weighted by molar-refractivity contribution is 5.29. The van der Waals surface area contributed by atoms with Crippen molar-refractivity contribution in [1.82, 2.24) is 0 Å². The first-order valence-electron chi connectivity index (χ1n) is 5.74. The summed E-state index contributed by atoms with van der Waals surface area (Å²) in [6, 6.07) is 0. The van der Waals surface area contributed by atoms with Gasteiger partial charge >= 0.3 is 0 Å². The summed E-state index contributed by atoms with van der Waals surface area (Å²) in [5.74, 6) is 0.943. The van der Waals surface area contributed by atoms with E-state index in [0.29, 0.717) is 0 Å². The molecule has 2 rings (SSSR count). The molecular formula is C14H24. The average molecular weight is 192 g/mol. The summed E-state index contributed by atoms with van der Waals surface area (Å²) in [6.45, 7) is 2.29. The molecule has 0 aromatic heterocycles. The van der Waals surface area contributed by atoms with Gasteiger partial charge in [-0.15, -0.1) is 0 Å². The molecule has 0 nitrogen and oxygen atoms in total. The molecule has 2 aliphatic carbocycles. The molecule has 0 heterocycles. The third-order valence-electron chi connectivity index (χ3n) is 3.55. The van der Waals surface area contributed by atoms with Gasteiger partial charge in [-0.3, -0.25) is 0 Å². The van der Waals surface area contributed by atoms with Gasteiger partial charge in [-0.25, -0.2) is 0 Å². The lowest BCUT2D eigenvalue weighted by Gasteiger charge is -2.27. The monoisotopic (exact) mass is 192 g/mol. The summed E-state index contributed by atoms with van der Waals surface area (Å²) in [7, 11) is 0. The molecule has 1 fully saturated rings. The van der Waals surface area contributed by atoms with E-state index in [9.17, 15) is 0 Å². The Morgan fingerprint density at radius 2 is 1.86 bits per heavy atom. The lowest BCUT2D eigenvalue weighted by atomic mass is 9.79. The number of rotatable bonds is 1. The Bertz CT molecular complexity index is 226. The van der Waals surface area contributed by atoms with Gasteiger partial charge in [0, 0.05) is 0 Å². The predicted molar refractivity (Wildman–Crippen MR) is 64.4 cm³/mol. The van der Waals surface area contributed by atoms with Crippen LogP contribution in [0.4, 0.5) is 0 Å². The Hall–Kier alpha value is -0.520. The Labute approximate surface area is 89.1 Å². The zero-order valence-electron chi connectivity index (χ0n) is 8.68. The van der Waals surface area contributed by atoms with Crippen molar-refractivity contribution in [3.05, 3.63) is 23.3 Å². The van der Waals surface area contributed by atoms with Crippen molar-refractivity contribution in [3.63, 3.8) is 0 Å². The standard InChI is InChI=1S/C13H20.CH4/c1-11-7-5-6-10-13(11)12-8-3-2-4-9-12;/h5,7,12H,2-4,6,8-10H2,1H3;1H4. The highest BCUT2D eigenvalue weighted by Gasteiger charge is 2.19. The first kappa shape index (κ1) is 11.6. The van der Waals surface area contributed by atoms with Crippen LogP contribution in [0.25, 0.3) is 0 Å². The highest BCUT2D eigenvalue weighted by atomic mass is 14.2. The smallest absolute Gasteiger partial charge is 0.0197 e. The van der Waals surface area contributed by atoms with E-state index < -0.39 is 0 Å². The van der Waals surface area contributed by atoms with E-state index in [2.05, 4.69) is 19.1 Å². The summed E-state index contributed by atoms with van der Waals surface area (Å²) in [4.78, 5) is 0. The molecule has 0 aromatic rings. The van der Waals surface area contributed by atoms with Gasteiger partial charge in [-0.2, -0.15) is 0 Å². The molecule has 1 saturated carbocycles. The van der Waals surface area contributed by atoms with E-state index in [1.807, 2.05) is 0 Å². The van der Waals surface area contributed by atoms with Gasteiger partial charge in [0.05, 0.1) is 0 Å². The lowest BCUT2D eigenvalue weighted by Crippen LogP contribution is -2.11. The molecule has 0 radical (unpaired) electrons. The predicted octanol–water partition coefficient (Wildman–Crippen LogP) is 4.87. The maximum atomic E-state index is 2.33. The second kappa shape index (κ2) is 5.38. The van der Waals surface area contributed by atoms with E-state index in [1.165, 1.54) is 44.9 Å². The third-order valence-corrected chi connectivity index (χ3v) is 3.55. The Kier molecular flexibility index (Phi) is 4.44. The first-order valence-corrected chi connectivity index (χ1v) is 5.74. The van der Waals surface area contributed by atoms with Crippen LogP contribution in [0.15, 0.2) is 23.3 Å². The fourth-order valence-corrected chi connectivity index (χ4v) is 2.78. The number of hydrogen-bond donors (Lipinski definition) is 0. The Morgan fingerprint density at radius 3 is 2.50 bits per heavy atom. The SMILES string of the molecule is C.CC1=C(C2CCCCC2)CCC=C1. The maximum absolute atomic E-state index is 2.33. The first-order chi connectivity index (χ1) is 6.38. The molecule has 2 aliphatic rings. The molecule has 0 unspecified atom stereocenters. The van der Waals surface area contributed by atoms with Crippen LogP contribution in [0, 0.1) is 5.92 Å². The molecule has 0 N–H and O–H groups in total. The second-order valence-corrected chi connectivity index (χ2v) is 4.48. The minimum absolute atomic E-state index is 0. The van der Waals surface area contributed by atoms with E-state index in [-0.39, 0.29) is 7.43 Å². The molecule has 80 valence electrons. The van der Waals surface area contributed by atoms with Crippen LogP contribution in [0.1, 0.15) is 59.3 Å². The van der Waals surface area contributed by atoms with Crippen molar-refractivity contribution in [1.29, 1.82) is 0 Å². The zero-order chi connectivity index (χ0) is 9.10. The van der Waals surface area contributed by atoms with Crippen LogP contribution < -0.4 is 0 Å². The molecule has 0 aromatic carbocycles. The number of allylic oxidation sites excluding steroid dienone is 4. The Balaban J connectivity index is 0.000000980. The van der Waals surface area contributed by atoms with Gasteiger partial charge < -0.3 is 0 Å². The van der Waals surface area contributed by atoms with E-state index in [4.69, 9.17) is 0 Å². The summed E-state index contributed by atoms with van der Waals surface area (Å²) in [6.07, 6.45) is 14.6. The Morgan fingerprint density at radius 1 is 1.14 bits per heavy atom. The normalized spacial score (nSPS) is 23.5. The average Bonchev–Trinajstić information content (AvgIpc) is 2.20. The van der Waals surface area contributed by atoms with E-state index in [0.717, 1.165) is 5.92 Å². The van der Waals surface area contributed by atoms with Gasteiger partial charge in [0.15, 0.2) is 0 Å². The van der Waals surface area contributed by atoms with Crippen molar-refractivity contribution < 1.29 is 0 Å². The van der Waals surface area contributed by atoms with Crippen molar-refractivity contribution in [2.45, 2.75) is 59.3 Å². The molecular weight excluding hydrogens is 168 g/mol. The topological polar surface area (TPSA) is 0 Å². The van der Waals surface area contributed by atoms with E-state index in [1.54, 1.807) is 11.1 Å². The molecule has 0 bridgehead atoms. The van der Waals surface area contributed by atoms with Gasteiger partial charge in [0.2, 0.25) is 0 Å². The van der Waals surface area contributed by atoms with Crippen LogP contribution in [0.2, 0.25) is 0 Å². The fourth-order valence-electron chi connectivity index (χ4n) is 2.78. The van der Waals surface area contributed by atoms with Crippen LogP contribution in [-0.2, 0) is 0 Å². The van der Waals surface area contributed by atoms with Crippen molar-refractivity contribution in [3.8, 4) is 0 Å². The van der Waals surface area contributed by atoms with Crippen molar-refractivity contribution in [2.75, 3.05) is 0 Å². The summed E-state index contributed by atoms with van der Waals surface area (Å²) in [5, 5.41) is 0. The molecule has 0 aliphatic heterocycles. The quantitative estimate of drug-likeness (QED) is 0.556. The van der Waals surface area contributed by atoms with Crippen LogP contribution in [0.5, 0.6) is 0 Å². The van der Waals surface area contributed by atoms with Crippen LogP contribution >= 0.6 is 0 Å². The van der Waals surface area contributed by atoms with Gasteiger partial charge in [0.1, 0.15) is 0 Å². The van der Waals surface area contributed by atoms with E-state index >= 15 is 0 Å². The maximum Gasteiger partial charge on any atom is -0.0197 e. The van der Waals surface area contributed by atoms with Gasteiger partial charge in [-0.05, 0) is 38.5 Å². The summed E-state index contributed by atoms with van der Waals surface area (Å²) < 4.78 is 0. The minimum atomic E-state index is 0. The highest BCUT2D eigenvalue weighted by Crippen LogP contribution is 2.35. The largest absolute Gasteiger partial charge is 0.0840 e. The third kappa shape index (κ3) is 2.50. The van der Waals surface area contributed by atoms with Crippen molar-refractivity contribution >= 4 is 0 Å². The summed E-state index contributed by atoms with van der Waals surface area (Å²) in [5.41, 5.74) is 3.35. The van der Waals surface area contributed by atoms with Crippen LogP contribution in [0.3, 0.4) is 0 Å². The molecule has 0 spiro atoms.